The van der Waals surface area contributed by atoms with Gasteiger partial charge in [-0.2, -0.15) is 0 Å². The molecule has 7 heteroatoms. The number of hydrogen-bond donors (Lipinski definition) is 0. The molecule has 0 aliphatic heterocycles. The van der Waals surface area contributed by atoms with Gasteiger partial charge in [-0.3, -0.25) is 0 Å². The second-order valence-electron chi connectivity index (χ2n) is 1.72. The monoisotopic (exact) mass is 246 g/mol. The first-order chi connectivity index (χ1) is 4.71. The molecule has 0 saturated heterocycles. The number of halogens is 6. The molecule has 0 rings (SSSR count). The van der Waals surface area contributed by atoms with E-state index in [4.69, 9.17) is 0 Å². The summed E-state index contributed by atoms with van der Waals surface area (Å²) >= 11 is -1.41. The fourth-order valence-corrected chi connectivity index (χ4v) is 1.47. The summed E-state index contributed by atoms with van der Waals surface area (Å²) < 4.78 is 67.7. The molecule has 0 aromatic heterocycles. The molecule has 0 heterocycles. The van der Waals surface area contributed by atoms with Gasteiger partial charge in [-0.15, -0.1) is 0 Å². The van der Waals surface area contributed by atoms with Gasteiger partial charge in [-0.1, -0.05) is 0 Å². The van der Waals surface area contributed by atoms with Crippen LogP contribution in [0.2, 0.25) is 10.6 Å². The first-order valence-electron chi connectivity index (χ1n) is 2.42. The van der Waals surface area contributed by atoms with E-state index in [9.17, 15) is 26.3 Å². The summed E-state index contributed by atoms with van der Waals surface area (Å²) in [7, 11) is 0. The van der Waals surface area contributed by atoms with Crippen molar-refractivity contribution in [2.75, 3.05) is 0 Å². The molecule has 0 unspecified atom stereocenters. The maximum atomic E-state index is 11.3. The summed E-state index contributed by atoms with van der Waals surface area (Å²) in [5.41, 5.74) is 0. The minimum atomic E-state index is -4.45. The van der Waals surface area contributed by atoms with Gasteiger partial charge in [0.25, 0.3) is 0 Å². The first kappa shape index (κ1) is 11.1. The quantitative estimate of drug-likeness (QED) is 0.518. The molecule has 0 nitrogen and oxygen atoms in total. The fraction of sp³-hybridized carbons (Fsp3) is 1.00. The number of alkyl halides is 6. The molecule has 0 spiro atoms. The molecule has 0 N–H and O–H groups in total. The average molecular weight is 245 g/mol. The molecule has 0 aliphatic carbocycles. The van der Waals surface area contributed by atoms with Crippen LogP contribution >= 0.6 is 0 Å². The number of hydrogen-bond acceptors (Lipinski definition) is 0. The molecule has 11 heavy (non-hydrogen) atoms. The Labute approximate surface area is 65.1 Å². The predicted octanol–water partition coefficient (Wildman–Crippen LogP) is 2.65. The van der Waals surface area contributed by atoms with Crippen molar-refractivity contribution in [2.45, 2.75) is 23.0 Å². The molecule has 0 aromatic carbocycles. The van der Waals surface area contributed by atoms with Gasteiger partial charge in [0.15, 0.2) is 0 Å². The summed E-state index contributed by atoms with van der Waals surface area (Å²) in [6.45, 7) is 0. The van der Waals surface area contributed by atoms with E-state index in [1.165, 1.54) is 0 Å². The Hall–Kier alpha value is 0.0995. The number of rotatable bonds is 2. The Morgan fingerprint density at radius 1 is 0.727 bits per heavy atom. The second-order valence-corrected chi connectivity index (χ2v) is 3.79. The molecular weight excluding hydrogens is 241 g/mol. The zero-order valence-corrected chi connectivity index (χ0v) is 6.80. The molecule has 0 bridgehead atoms. The van der Waals surface area contributed by atoms with Gasteiger partial charge in [-0.05, 0) is 0 Å². The third kappa shape index (κ3) is 10.1. The zero-order valence-electron chi connectivity index (χ0n) is 5.09. The van der Waals surface area contributed by atoms with Crippen molar-refractivity contribution in [2.24, 2.45) is 0 Å². The van der Waals surface area contributed by atoms with Crippen molar-refractivity contribution in [1.82, 2.24) is 0 Å². The summed E-state index contributed by atoms with van der Waals surface area (Å²) in [4.78, 5) is 0. The second kappa shape index (κ2) is 3.67. The van der Waals surface area contributed by atoms with Gasteiger partial charge in [0.1, 0.15) is 0 Å². The molecule has 68 valence electrons. The Morgan fingerprint density at radius 3 is 1.18 bits per heavy atom. The topological polar surface area (TPSA) is 0 Å². The van der Waals surface area contributed by atoms with Crippen LogP contribution in [-0.2, 0) is 0 Å². The van der Waals surface area contributed by atoms with Crippen LogP contribution in [-0.4, -0.2) is 27.3 Å². The van der Waals surface area contributed by atoms with Gasteiger partial charge in [-0.25, -0.2) is 0 Å². The van der Waals surface area contributed by atoms with Crippen molar-refractivity contribution < 1.29 is 26.3 Å². The Bertz CT molecular complexity index is 98.7. The van der Waals surface area contributed by atoms with E-state index in [0.717, 1.165) is 0 Å². The fourth-order valence-electron chi connectivity index (χ4n) is 0.282. The van der Waals surface area contributed by atoms with E-state index in [2.05, 4.69) is 0 Å². The van der Waals surface area contributed by atoms with Crippen molar-refractivity contribution >= 4 is 15.0 Å². The van der Waals surface area contributed by atoms with E-state index < -0.39 is 37.9 Å². The zero-order chi connectivity index (χ0) is 9.12. The first-order valence-corrected chi connectivity index (χ1v) is 4.84. The predicted molar refractivity (Wildman–Crippen MR) is 27.5 cm³/mol. The van der Waals surface area contributed by atoms with E-state index >= 15 is 0 Å². The van der Waals surface area contributed by atoms with Gasteiger partial charge in [0, 0.05) is 0 Å². The molecule has 0 saturated carbocycles. The molecule has 0 atom stereocenters. The Morgan fingerprint density at radius 2 is 1.00 bits per heavy atom. The summed E-state index contributed by atoms with van der Waals surface area (Å²) in [6.07, 6.45) is -8.91. The van der Waals surface area contributed by atoms with Crippen LogP contribution in [0.4, 0.5) is 26.3 Å². The molecule has 0 amide bonds. The Kier molecular flexibility index (Phi) is 3.70. The van der Waals surface area contributed by atoms with Crippen LogP contribution in [0.1, 0.15) is 0 Å². The van der Waals surface area contributed by atoms with E-state index in [0.29, 0.717) is 0 Å². The van der Waals surface area contributed by atoms with Crippen LogP contribution < -0.4 is 0 Å². The van der Waals surface area contributed by atoms with Gasteiger partial charge in [0.2, 0.25) is 0 Å². The van der Waals surface area contributed by atoms with Gasteiger partial charge < -0.3 is 0 Å². The maximum absolute atomic E-state index is 11.3. The third-order valence-corrected chi connectivity index (χ3v) is 2.76. The van der Waals surface area contributed by atoms with Crippen LogP contribution in [0.5, 0.6) is 0 Å². The Balaban J connectivity index is 3.44. The molecule has 0 aromatic rings. The van der Waals surface area contributed by atoms with Crippen LogP contribution in [0.3, 0.4) is 0 Å². The van der Waals surface area contributed by atoms with Crippen molar-refractivity contribution in [1.29, 1.82) is 0 Å². The third-order valence-electron chi connectivity index (χ3n) is 0.531. The average Bonchev–Trinajstić information content (AvgIpc) is 1.55. The minimum absolute atomic E-state index is 1.31. The normalized spacial score (nSPS) is 13.6. The van der Waals surface area contributed by atoms with Crippen molar-refractivity contribution in [3.05, 3.63) is 0 Å². The summed E-state index contributed by atoms with van der Waals surface area (Å²) in [5.74, 6) is 0. The summed E-state index contributed by atoms with van der Waals surface area (Å²) in [5, 5.41) is -2.61. The van der Waals surface area contributed by atoms with E-state index in [1.54, 1.807) is 0 Å². The van der Waals surface area contributed by atoms with Crippen LogP contribution in [0.15, 0.2) is 0 Å². The van der Waals surface area contributed by atoms with E-state index in [1.807, 2.05) is 0 Å². The SMILES string of the molecule is FC(F)(F)C[Se]CC(F)(F)F. The van der Waals surface area contributed by atoms with Crippen molar-refractivity contribution in [3.63, 3.8) is 0 Å². The molecule has 0 radical (unpaired) electrons. The van der Waals surface area contributed by atoms with E-state index in [-0.39, 0.29) is 0 Å². The molecule has 0 fully saturated rings. The van der Waals surface area contributed by atoms with Crippen molar-refractivity contribution in [3.8, 4) is 0 Å². The summed E-state index contributed by atoms with van der Waals surface area (Å²) in [6, 6.07) is 0. The molecular formula is C4H4F6Se. The van der Waals surface area contributed by atoms with Crippen LogP contribution in [0.25, 0.3) is 0 Å². The standard InChI is InChI=1S/C4H4F6Se/c5-3(6,7)1-11-2-4(8,9)10/h1-2H2. The van der Waals surface area contributed by atoms with Crippen LogP contribution in [0, 0.1) is 0 Å². The van der Waals surface area contributed by atoms with Gasteiger partial charge in [0.05, 0.1) is 0 Å². The molecule has 0 aliphatic rings. The van der Waals surface area contributed by atoms with Gasteiger partial charge >= 0.3 is 64.3 Å².